The molecule has 3 aromatic heterocycles. The van der Waals surface area contributed by atoms with Gasteiger partial charge in [0.15, 0.2) is 5.82 Å². The normalized spacial score (nSPS) is 22.9. The van der Waals surface area contributed by atoms with Crippen LogP contribution in [0.2, 0.25) is 0 Å². The van der Waals surface area contributed by atoms with Crippen molar-refractivity contribution in [2.24, 2.45) is 0 Å². The fourth-order valence-corrected chi connectivity index (χ4v) is 6.28. The standard InChI is InChI=1S/C25H30F3N9O2/c1-39-16-11-35(12-16)22-17-8-29-18(7-20(17)37(33-22)14-25(26,27)28)21-19(9-30-32-21)31-23(38)36-10-15-3-2-6-34(15)13-24(36)4-5-24/h7-9,15-16H,2-6,10-14H2,1H3,(H,30,32)(H,31,38)/t15-/m1/s1. The highest BCUT2D eigenvalue weighted by molar-refractivity contribution is 5.96. The van der Waals surface area contributed by atoms with E-state index in [1.165, 1.54) is 12.4 Å². The summed E-state index contributed by atoms with van der Waals surface area (Å²) in [7, 11) is 1.61. The van der Waals surface area contributed by atoms with Gasteiger partial charge in [0.25, 0.3) is 0 Å². The highest BCUT2D eigenvalue weighted by Gasteiger charge is 2.56. The van der Waals surface area contributed by atoms with Crippen LogP contribution in [-0.2, 0) is 11.3 Å². The molecule has 0 unspecified atom stereocenters. The molecular formula is C25H30F3N9O2. The predicted molar refractivity (Wildman–Crippen MR) is 136 cm³/mol. The third-order valence-electron chi connectivity index (χ3n) is 8.60. The molecule has 14 heteroatoms. The van der Waals surface area contributed by atoms with Crippen molar-refractivity contribution in [3.05, 3.63) is 18.5 Å². The first kappa shape index (κ1) is 24.6. The number of aromatic amines is 1. The zero-order chi connectivity index (χ0) is 26.9. The summed E-state index contributed by atoms with van der Waals surface area (Å²) in [6, 6.07) is 1.77. The van der Waals surface area contributed by atoms with Crippen LogP contribution in [0.5, 0.6) is 0 Å². The second-order valence-corrected chi connectivity index (χ2v) is 11.1. The smallest absolute Gasteiger partial charge is 0.378 e. The first-order valence-electron chi connectivity index (χ1n) is 13.3. The molecule has 4 aliphatic rings. The summed E-state index contributed by atoms with van der Waals surface area (Å²) in [6.45, 7) is 2.57. The highest BCUT2D eigenvalue weighted by Crippen LogP contribution is 2.47. The SMILES string of the molecule is COC1CN(c2nn(CC(F)(F)F)c3cc(-c4[nH]ncc4NC(=O)N4C[C@H]5CCCN5CC45CC5)ncc23)C1. The van der Waals surface area contributed by atoms with E-state index in [0.29, 0.717) is 59.5 Å². The Morgan fingerprint density at radius 2 is 2.08 bits per heavy atom. The number of H-pyrrole nitrogens is 1. The summed E-state index contributed by atoms with van der Waals surface area (Å²) in [6.07, 6.45) is 2.85. The van der Waals surface area contributed by atoms with Gasteiger partial charge in [0.2, 0.25) is 0 Å². The van der Waals surface area contributed by atoms with Crippen LogP contribution in [0.15, 0.2) is 18.5 Å². The van der Waals surface area contributed by atoms with Crippen molar-refractivity contribution in [1.29, 1.82) is 0 Å². The number of carbonyl (C=O) groups is 1. The number of carbonyl (C=O) groups excluding carboxylic acids is 1. The van der Waals surface area contributed by atoms with Crippen LogP contribution >= 0.6 is 0 Å². The highest BCUT2D eigenvalue weighted by atomic mass is 19.4. The number of anilines is 2. The van der Waals surface area contributed by atoms with Gasteiger partial charge in [-0.1, -0.05) is 0 Å². The first-order valence-corrected chi connectivity index (χ1v) is 13.3. The monoisotopic (exact) mass is 545 g/mol. The third kappa shape index (κ3) is 4.29. The van der Waals surface area contributed by atoms with Crippen LogP contribution in [0.4, 0.5) is 29.5 Å². The molecular weight excluding hydrogens is 515 g/mol. The number of pyridine rings is 1. The Balaban J connectivity index is 1.17. The minimum absolute atomic E-state index is 0.0163. The molecule has 39 heavy (non-hydrogen) atoms. The number of aromatic nitrogens is 5. The number of ether oxygens (including phenoxy) is 1. The Kier molecular flexibility index (Phi) is 5.57. The number of rotatable bonds is 5. The number of nitrogens with zero attached hydrogens (tertiary/aromatic N) is 7. The van der Waals surface area contributed by atoms with Gasteiger partial charge >= 0.3 is 12.2 Å². The Morgan fingerprint density at radius 3 is 2.82 bits per heavy atom. The number of amides is 2. The van der Waals surface area contributed by atoms with E-state index < -0.39 is 12.7 Å². The van der Waals surface area contributed by atoms with E-state index in [1.807, 2.05) is 9.80 Å². The van der Waals surface area contributed by atoms with Crippen LogP contribution in [0, 0.1) is 0 Å². The molecule has 3 aromatic rings. The zero-order valence-corrected chi connectivity index (χ0v) is 21.5. The van der Waals surface area contributed by atoms with Crippen molar-refractivity contribution in [1.82, 2.24) is 34.8 Å². The average Bonchev–Trinajstić information content (AvgIpc) is 3.19. The van der Waals surface area contributed by atoms with Gasteiger partial charge in [0.1, 0.15) is 12.2 Å². The van der Waals surface area contributed by atoms with Crippen LogP contribution in [0.3, 0.4) is 0 Å². The second-order valence-electron chi connectivity index (χ2n) is 11.1. The molecule has 1 saturated carbocycles. The van der Waals surface area contributed by atoms with Crippen molar-refractivity contribution in [3.63, 3.8) is 0 Å². The lowest BCUT2D eigenvalue weighted by Crippen LogP contribution is -2.60. The van der Waals surface area contributed by atoms with Gasteiger partial charge in [0, 0.05) is 45.5 Å². The number of urea groups is 1. The molecule has 2 amide bonds. The molecule has 4 fully saturated rings. The van der Waals surface area contributed by atoms with Crippen molar-refractivity contribution in [3.8, 4) is 11.4 Å². The largest absolute Gasteiger partial charge is 0.408 e. The van der Waals surface area contributed by atoms with Crippen LogP contribution in [0.1, 0.15) is 25.7 Å². The number of alkyl halides is 3. The minimum Gasteiger partial charge on any atom is -0.378 e. The molecule has 3 aliphatic heterocycles. The lowest BCUT2D eigenvalue weighted by molar-refractivity contribution is -0.141. The van der Waals surface area contributed by atoms with Crippen molar-refractivity contribution < 1.29 is 22.7 Å². The van der Waals surface area contributed by atoms with Crippen molar-refractivity contribution in [2.75, 3.05) is 50.1 Å². The average molecular weight is 546 g/mol. The van der Waals surface area contributed by atoms with Gasteiger partial charge in [-0.05, 0) is 38.3 Å². The summed E-state index contributed by atoms with van der Waals surface area (Å²) in [4.78, 5) is 24.4. The van der Waals surface area contributed by atoms with Gasteiger partial charge in [-0.15, -0.1) is 0 Å². The van der Waals surface area contributed by atoms with Gasteiger partial charge in [-0.25, -0.2) is 4.79 Å². The topological polar surface area (TPSA) is 107 Å². The fraction of sp³-hybridized carbons (Fsp3) is 0.600. The molecule has 0 aromatic carbocycles. The maximum Gasteiger partial charge on any atom is 0.408 e. The number of halogens is 3. The summed E-state index contributed by atoms with van der Waals surface area (Å²) < 4.78 is 46.5. The summed E-state index contributed by atoms with van der Waals surface area (Å²) in [5.41, 5.74) is 1.42. The van der Waals surface area contributed by atoms with E-state index in [0.717, 1.165) is 43.5 Å². The molecule has 1 aliphatic carbocycles. The maximum absolute atomic E-state index is 13.5. The fourth-order valence-electron chi connectivity index (χ4n) is 6.28. The van der Waals surface area contributed by atoms with Crippen LogP contribution in [0.25, 0.3) is 22.3 Å². The maximum atomic E-state index is 13.5. The van der Waals surface area contributed by atoms with E-state index in [1.54, 1.807) is 13.2 Å². The third-order valence-corrected chi connectivity index (χ3v) is 8.60. The number of hydrogen-bond acceptors (Lipinski definition) is 7. The minimum atomic E-state index is -4.45. The molecule has 0 radical (unpaired) electrons. The number of hydrogen-bond donors (Lipinski definition) is 2. The second kappa shape index (κ2) is 8.81. The Morgan fingerprint density at radius 1 is 1.26 bits per heavy atom. The molecule has 208 valence electrons. The van der Waals surface area contributed by atoms with E-state index >= 15 is 0 Å². The molecule has 7 rings (SSSR count). The quantitative estimate of drug-likeness (QED) is 0.508. The summed E-state index contributed by atoms with van der Waals surface area (Å²) >= 11 is 0. The number of methoxy groups -OCH3 is 1. The van der Waals surface area contributed by atoms with E-state index in [2.05, 4.69) is 30.5 Å². The molecule has 3 saturated heterocycles. The molecule has 1 atom stereocenters. The van der Waals surface area contributed by atoms with Gasteiger partial charge in [-0.2, -0.15) is 23.4 Å². The summed E-state index contributed by atoms with van der Waals surface area (Å²) in [5.74, 6) is 0.445. The van der Waals surface area contributed by atoms with E-state index in [-0.39, 0.29) is 17.7 Å². The number of piperazine rings is 1. The molecule has 0 bridgehead atoms. The van der Waals surface area contributed by atoms with Crippen LogP contribution < -0.4 is 10.2 Å². The Hall–Kier alpha value is -3.39. The Labute approximate surface area is 222 Å². The molecule has 1 spiro atoms. The van der Waals surface area contributed by atoms with Gasteiger partial charge < -0.3 is 19.9 Å². The lowest BCUT2D eigenvalue weighted by Gasteiger charge is -2.44. The van der Waals surface area contributed by atoms with Crippen molar-refractivity contribution >= 4 is 28.4 Å². The molecule has 11 nitrogen and oxygen atoms in total. The molecule has 2 N–H and O–H groups in total. The van der Waals surface area contributed by atoms with Crippen LogP contribution in [-0.4, -0.2) is 104 Å². The van der Waals surface area contributed by atoms with Gasteiger partial charge in [-0.3, -0.25) is 19.7 Å². The van der Waals surface area contributed by atoms with Crippen molar-refractivity contribution in [2.45, 2.75) is 56.1 Å². The number of nitrogens with one attached hydrogen (secondary N) is 2. The first-order chi connectivity index (χ1) is 18.7. The van der Waals surface area contributed by atoms with Gasteiger partial charge in [0.05, 0.1) is 40.1 Å². The molecule has 6 heterocycles. The predicted octanol–water partition coefficient (Wildman–Crippen LogP) is 3.06. The summed E-state index contributed by atoms with van der Waals surface area (Å²) in [5, 5.41) is 14.8. The van der Waals surface area contributed by atoms with E-state index in [4.69, 9.17) is 4.74 Å². The Bertz CT molecular complexity index is 1410. The lowest BCUT2D eigenvalue weighted by atomic mass is 10.1. The zero-order valence-electron chi connectivity index (χ0n) is 21.5. The number of fused-ring (bicyclic) bond motifs is 2. The van der Waals surface area contributed by atoms with E-state index in [9.17, 15) is 18.0 Å².